The summed E-state index contributed by atoms with van der Waals surface area (Å²) in [6.45, 7) is 3.43. The summed E-state index contributed by atoms with van der Waals surface area (Å²) in [5.74, 6) is 0.939. The van der Waals surface area contributed by atoms with E-state index < -0.39 is 0 Å². The molecule has 0 amide bonds. The van der Waals surface area contributed by atoms with Crippen molar-refractivity contribution in [1.82, 2.24) is 0 Å². The topological polar surface area (TPSA) is 22.4 Å². The Hall–Kier alpha value is -1.06. The molecule has 2 aromatic rings. The van der Waals surface area contributed by atoms with E-state index in [1.807, 2.05) is 6.92 Å². The van der Waals surface area contributed by atoms with Crippen LogP contribution in [0, 0.1) is 6.92 Å². The predicted molar refractivity (Wildman–Crippen MR) is 69.2 cm³/mol. The number of hydrogen-bond donors (Lipinski definition) is 0. The van der Waals surface area contributed by atoms with E-state index in [9.17, 15) is 0 Å². The minimum atomic E-state index is 0.186. The van der Waals surface area contributed by atoms with Crippen LogP contribution in [0.4, 0.5) is 0 Å². The number of ether oxygens (including phenoxy) is 1. The van der Waals surface area contributed by atoms with Gasteiger partial charge in [-0.15, -0.1) is 0 Å². The largest absolute Gasteiger partial charge is 0.469 e. The normalized spacial score (nSPS) is 15.9. The van der Waals surface area contributed by atoms with Crippen LogP contribution in [0.3, 0.4) is 0 Å². The third-order valence-electron chi connectivity index (χ3n) is 3.08. The summed E-state index contributed by atoms with van der Waals surface area (Å²) in [4.78, 5) is 0.186. The lowest BCUT2D eigenvalue weighted by atomic mass is 10.0. The maximum Gasteiger partial charge on any atom is 0.101 e. The number of fused-ring (bicyclic) bond motifs is 1. The molecule has 0 aliphatic carbocycles. The van der Waals surface area contributed by atoms with Gasteiger partial charge in [-0.05, 0) is 29.7 Å². The molecule has 2 heterocycles. The zero-order chi connectivity index (χ0) is 11.8. The van der Waals surface area contributed by atoms with Crippen molar-refractivity contribution in [3.63, 3.8) is 0 Å². The standard InChI is InChI=1S/C14H13BrO2/c1-9-4-13(8-17-9)14(15)10-2-3-11-6-16-7-12(11)5-10/h2-5,8,14H,6-7H2,1H3. The molecule has 17 heavy (non-hydrogen) atoms. The highest BCUT2D eigenvalue weighted by atomic mass is 79.9. The van der Waals surface area contributed by atoms with Gasteiger partial charge in [0, 0.05) is 5.56 Å². The number of alkyl halides is 1. The van der Waals surface area contributed by atoms with E-state index in [1.165, 1.54) is 16.7 Å². The van der Waals surface area contributed by atoms with E-state index in [0.717, 1.165) is 24.5 Å². The molecule has 1 aromatic carbocycles. The van der Waals surface area contributed by atoms with E-state index in [0.29, 0.717) is 0 Å². The second kappa shape index (κ2) is 4.31. The van der Waals surface area contributed by atoms with Gasteiger partial charge in [-0.25, -0.2) is 0 Å². The number of benzene rings is 1. The zero-order valence-corrected chi connectivity index (χ0v) is 11.2. The molecular formula is C14H13BrO2. The summed E-state index contributed by atoms with van der Waals surface area (Å²) in [6, 6.07) is 8.57. The molecule has 3 heteroatoms. The van der Waals surface area contributed by atoms with E-state index in [4.69, 9.17) is 9.15 Å². The predicted octanol–water partition coefficient (Wildman–Crippen LogP) is 4.10. The molecule has 1 aromatic heterocycles. The first kappa shape index (κ1) is 11.1. The fourth-order valence-corrected chi connectivity index (χ4v) is 2.66. The third-order valence-corrected chi connectivity index (χ3v) is 4.14. The second-order valence-electron chi connectivity index (χ2n) is 4.37. The molecule has 0 N–H and O–H groups in total. The Morgan fingerprint density at radius 3 is 2.71 bits per heavy atom. The lowest BCUT2D eigenvalue weighted by Crippen LogP contribution is -1.93. The monoisotopic (exact) mass is 292 g/mol. The lowest BCUT2D eigenvalue weighted by Gasteiger charge is -2.09. The van der Waals surface area contributed by atoms with Crippen LogP contribution in [0.5, 0.6) is 0 Å². The Morgan fingerprint density at radius 1 is 1.12 bits per heavy atom. The van der Waals surface area contributed by atoms with Gasteiger partial charge >= 0.3 is 0 Å². The van der Waals surface area contributed by atoms with Crippen molar-refractivity contribution in [1.29, 1.82) is 0 Å². The fraction of sp³-hybridized carbons (Fsp3) is 0.286. The summed E-state index contributed by atoms with van der Waals surface area (Å²) < 4.78 is 10.8. The van der Waals surface area contributed by atoms with Crippen molar-refractivity contribution >= 4 is 15.9 Å². The summed E-state index contributed by atoms with van der Waals surface area (Å²) in [5, 5.41) is 0. The van der Waals surface area contributed by atoms with Gasteiger partial charge in [-0.3, -0.25) is 0 Å². The molecule has 88 valence electrons. The van der Waals surface area contributed by atoms with Gasteiger partial charge in [-0.1, -0.05) is 34.1 Å². The number of rotatable bonds is 2. The van der Waals surface area contributed by atoms with Crippen LogP contribution in [0.15, 0.2) is 34.9 Å². The van der Waals surface area contributed by atoms with Crippen LogP contribution in [0.1, 0.15) is 32.8 Å². The SMILES string of the molecule is Cc1cc(C(Br)c2ccc3c(c2)COC3)co1. The Balaban J connectivity index is 1.94. The van der Waals surface area contributed by atoms with Crippen LogP contribution in [-0.2, 0) is 18.0 Å². The average molecular weight is 293 g/mol. The molecule has 0 saturated carbocycles. The van der Waals surface area contributed by atoms with Crippen molar-refractivity contribution in [3.05, 3.63) is 58.5 Å². The fourth-order valence-electron chi connectivity index (χ4n) is 2.14. The molecule has 1 atom stereocenters. The van der Waals surface area contributed by atoms with Gasteiger partial charge in [0.1, 0.15) is 5.76 Å². The van der Waals surface area contributed by atoms with Crippen molar-refractivity contribution in [3.8, 4) is 0 Å². The maximum atomic E-state index is 5.43. The summed E-state index contributed by atoms with van der Waals surface area (Å²) in [5.41, 5.74) is 5.00. The van der Waals surface area contributed by atoms with E-state index in [2.05, 4.69) is 40.2 Å². The molecule has 1 aliphatic rings. The van der Waals surface area contributed by atoms with Crippen LogP contribution < -0.4 is 0 Å². The van der Waals surface area contributed by atoms with Crippen molar-refractivity contribution < 1.29 is 9.15 Å². The number of halogens is 1. The van der Waals surface area contributed by atoms with Crippen molar-refractivity contribution in [2.45, 2.75) is 25.0 Å². The molecular weight excluding hydrogens is 280 g/mol. The van der Waals surface area contributed by atoms with Crippen molar-refractivity contribution in [2.75, 3.05) is 0 Å². The van der Waals surface area contributed by atoms with E-state index >= 15 is 0 Å². The van der Waals surface area contributed by atoms with Gasteiger partial charge in [0.2, 0.25) is 0 Å². The van der Waals surface area contributed by atoms with Gasteiger partial charge in [0.05, 0.1) is 24.3 Å². The minimum absolute atomic E-state index is 0.186. The second-order valence-corrected chi connectivity index (χ2v) is 5.29. The average Bonchev–Trinajstić information content (AvgIpc) is 2.95. The molecule has 0 radical (unpaired) electrons. The van der Waals surface area contributed by atoms with Gasteiger partial charge in [0.15, 0.2) is 0 Å². The smallest absolute Gasteiger partial charge is 0.101 e. The first-order chi connectivity index (χ1) is 8.24. The molecule has 0 fully saturated rings. The number of hydrogen-bond acceptors (Lipinski definition) is 2. The lowest BCUT2D eigenvalue weighted by molar-refractivity contribution is 0.134. The molecule has 3 rings (SSSR count). The van der Waals surface area contributed by atoms with Gasteiger partial charge < -0.3 is 9.15 Å². The summed E-state index contributed by atoms with van der Waals surface area (Å²) in [6.07, 6.45) is 1.80. The zero-order valence-electron chi connectivity index (χ0n) is 9.57. The highest BCUT2D eigenvalue weighted by molar-refractivity contribution is 9.09. The highest BCUT2D eigenvalue weighted by Crippen LogP contribution is 2.34. The Labute approximate surface area is 109 Å². The molecule has 0 spiro atoms. The van der Waals surface area contributed by atoms with E-state index in [-0.39, 0.29) is 4.83 Å². The van der Waals surface area contributed by atoms with Crippen LogP contribution in [-0.4, -0.2) is 0 Å². The molecule has 0 saturated heterocycles. The van der Waals surface area contributed by atoms with Crippen molar-refractivity contribution in [2.24, 2.45) is 0 Å². The molecule has 0 bridgehead atoms. The third kappa shape index (κ3) is 2.05. The first-order valence-electron chi connectivity index (χ1n) is 5.62. The Bertz CT molecular complexity index is 545. The summed E-state index contributed by atoms with van der Waals surface area (Å²) >= 11 is 3.71. The molecule has 1 aliphatic heterocycles. The summed E-state index contributed by atoms with van der Waals surface area (Å²) in [7, 11) is 0. The molecule has 2 nitrogen and oxygen atoms in total. The van der Waals surface area contributed by atoms with E-state index in [1.54, 1.807) is 6.26 Å². The van der Waals surface area contributed by atoms with Gasteiger partial charge in [-0.2, -0.15) is 0 Å². The Morgan fingerprint density at radius 2 is 1.94 bits per heavy atom. The Kier molecular flexibility index (Phi) is 2.81. The number of aryl methyl sites for hydroxylation is 1. The van der Waals surface area contributed by atoms with Crippen LogP contribution in [0.25, 0.3) is 0 Å². The minimum Gasteiger partial charge on any atom is -0.469 e. The van der Waals surface area contributed by atoms with Gasteiger partial charge in [0.25, 0.3) is 0 Å². The highest BCUT2D eigenvalue weighted by Gasteiger charge is 2.17. The van der Waals surface area contributed by atoms with Crippen LogP contribution >= 0.6 is 15.9 Å². The van der Waals surface area contributed by atoms with Crippen LogP contribution in [0.2, 0.25) is 0 Å². The maximum absolute atomic E-state index is 5.43. The first-order valence-corrected chi connectivity index (χ1v) is 6.54. The molecule has 1 unspecified atom stereocenters. The quantitative estimate of drug-likeness (QED) is 0.778. The number of furan rings is 1.